The molecule has 0 unspecified atom stereocenters. The van der Waals surface area contributed by atoms with Crippen molar-refractivity contribution in [3.63, 3.8) is 0 Å². The first-order valence-electron chi connectivity index (χ1n) is 56.0. The van der Waals surface area contributed by atoms with Crippen LogP contribution in [0.15, 0.2) is 0 Å². The Labute approximate surface area is 857 Å². The minimum atomic E-state index is -1.10. The van der Waals surface area contributed by atoms with Gasteiger partial charge in [0.05, 0.1) is 30.8 Å². The van der Waals surface area contributed by atoms with Crippen LogP contribution in [0.4, 0.5) is 4.79 Å². The molecule has 0 spiro atoms. The van der Waals surface area contributed by atoms with Gasteiger partial charge in [-0.25, -0.2) is 4.79 Å². The quantitative estimate of drug-likeness (QED) is 0.0386. The van der Waals surface area contributed by atoms with Crippen LogP contribution < -0.4 is 22.5 Å². The molecule has 16 fully saturated rings. The van der Waals surface area contributed by atoms with Crippen LogP contribution in [0, 0.1) is 179 Å². The predicted octanol–water partition coefficient (Wildman–Crippen LogP) is 21.5. The first-order valence-corrected chi connectivity index (χ1v) is 56.0. The third kappa shape index (κ3) is 25.6. The number of alkyl carbamates (subject to hydrolysis) is 1. The van der Waals surface area contributed by atoms with E-state index in [0.29, 0.717) is 99.1 Å². The van der Waals surface area contributed by atoms with E-state index >= 15 is 0 Å². The van der Waals surface area contributed by atoms with Gasteiger partial charge in [-0.2, -0.15) is 0 Å². The van der Waals surface area contributed by atoms with Gasteiger partial charge in [-0.05, 0) is 425 Å². The van der Waals surface area contributed by atoms with Gasteiger partial charge in [0.15, 0.2) is 0 Å². The first kappa shape index (κ1) is 118. The first-order chi connectivity index (χ1) is 66.0. The number of ether oxygens (including phenoxy) is 5. The van der Waals surface area contributed by atoms with Crippen molar-refractivity contribution in [1.82, 2.24) is 5.32 Å². The van der Waals surface area contributed by atoms with Gasteiger partial charge in [0.1, 0.15) is 83.1 Å². The summed E-state index contributed by atoms with van der Waals surface area (Å²) in [5.74, 6) is 10.1. The largest absolute Gasteiger partial charge is 0.481 e. The molecule has 0 heterocycles. The summed E-state index contributed by atoms with van der Waals surface area (Å²) in [6.07, 6.45) is 42.0. The summed E-state index contributed by atoms with van der Waals surface area (Å²) in [7, 11) is 0. The molecule has 1 amide bonds. The van der Waals surface area contributed by atoms with E-state index in [0.717, 1.165) is 156 Å². The predicted molar refractivity (Wildman–Crippen MR) is 549 cm³/mol. The maximum Gasteiger partial charge on any atom is 0.408 e. The second-order valence-corrected chi connectivity index (χ2v) is 51.6. The van der Waals surface area contributed by atoms with Gasteiger partial charge in [0, 0.05) is 55.8 Å². The van der Waals surface area contributed by atoms with Crippen molar-refractivity contribution in [1.29, 1.82) is 0 Å². The minimum absolute atomic E-state index is 0. The van der Waals surface area contributed by atoms with Gasteiger partial charge in [0.25, 0.3) is 0 Å². The number of carboxylic acids is 2. The standard InChI is InChI=1S/C28H44O4.2C27H43NO4.C24H39NO3.C7H13NO4.C3H6O2.ClH/c1-6-20(30)15-17(2)26(31)32-21-11-13-27(4)19(16-21)7-8-22-24-10-9-23(18(3)29)28(24,5)14-12-25(22)27;2*1-16(13-19(30)15-28)25(31)32-20-9-11-26(3)18(14-20)5-6-21-23-8-7-22(17(2)29)27(23,4)12-10-24(21)26;1-14(25)22(27)28-17-9-11-23(3)16(13-17)5-6-18-20-8-7-19(15(2)26)24(20,4)12-10-21(18)23;1-7(2,3)12-6(11)8-4-5(9)10;1-2-3(4)5;/h17,19,21-25H,6-16H2,1-5H3;2*16,18,20-24H,5-15,28H2,1-4H3;14,16-21H,5-13,25H2,1-4H3;4H2,1-3H3,(H,8,11)(H,9,10);2H2,1H3,(H,4,5);1H/t17-,19+,21-,22+,23-,24+,25+,27+,28-;2*16-,18+,20-,21+,22-,23+,24+,26+,27-;14-,16-,17+,18-,19+,20-,21-,23-,24+;;;/m1110.../s1. The van der Waals surface area contributed by atoms with Gasteiger partial charge < -0.3 is 56.4 Å². The molecule has 142 heavy (non-hydrogen) atoms. The molecule has 9 N–H and O–H groups in total. The van der Waals surface area contributed by atoms with Gasteiger partial charge in [-0.1, -0.05) is 90.0 Å². The Morgan fingerprint density at radius 3 is 0.775 bits per heavy atom. The number of carbonyl (C=O) groups is 14. The molecule has 25 nitrogen and oxygen atoms in total. The van der Waals surface area contributed by atoms with Crippen molar-refractivity contribution in [3.8, 4) is 0 Å². The van der Waals surface area contributed by atoms with E-state index < -0.39 is 48.1 Å². The van der Waals surface area contributed by atoms with Gasteiger partial charge in [-0.15, -0.1) is 12.4 Å². The van der Waals surface area contributed by atoms with Crippen LogP contribution in [-0.2, 0) is 86.0 Å². The number of halogens is 1. The SMILES string of the molecule is CC(=O)[C@H]1CC[C@H]2[C@@H]3CC[C@H]4C[C@H](OC(=O)[C@H](C)CC(=O)CN)CC[C@]4(C)[C@H]3CC[C@]12C.CC(=O)[C@H]1CC[C@H]2[C@@H]3CC[C@H]4C[C@H](OC(=O)[C@H](C)CC(=O)CN)CC[C@]4(C)[C@H]3CC[C@]12C.CC(=O)[C@H]1CC[C@H]2[C@@H]3CC[C@H]4C[C@H](OC(=O)[C@H](C)N)CC[C@]4(C)[C@H]3CC[C@]12C.CC(C)(C)OC(=O)NCC(=O)O.CCC(=O)C[C@@H](C)C(=O)O[C@@H]1CC[C@@]2(C)[C@@H](CC[C@@H]3[C@@H]2CC[C@]2(C)[C@@H](C(C)=O)CC[C@@H]32)C1.CCC(=O)O.Cl. The fraction of sp³-hybridized carbons (Fsp3) is 0.879. The highest BCUT2D eigenvalue weighted by Crippen LogP contribution is 2.73. The molecule has 0 radical (unpaired) electrons. The van der Waals surface area contributed by atoms with Gasteiger partial charge >= 0.3 is 41.9 Å². The monoisotopic (exact) mass is 2010 g/mol. The van der Waals surface area contributed by atoms with Crippen molar-refractivity contribution < 1.29 is 101 Å². The molecule has 26 heteroatoms. The maximum absolute atomic E-state index is 12.6. The second kappa shape index (κ2) is 48.3. The number of fused-ring (bicyclic) bond motifs is 20. The van der Waals surface area contributed by atoms with Crippen LogP contribution in [0.1, 0.15) is 409 Å². The third-order valence-electron chi connectivity index (χ3n) is 42.7. The zero-order valence-corrected chi connectivity index (χ0v) is 91.9. The molecule has 0 bridgehead atoms. The molecule has 0 saturated heterocycles. The van der Waals surface area contributed by atoms with Crippen molar-refractivity contribution in [3.05, 3.63) is 0 Å². The zero-order valence-electron chi connectivity index (χ0n) is 91.1. The molecular formula is C116H189ClN4O21. The lowest BCUT2D eigenvalue weighted by Crippen LogP contribution is -2.54. The number of hydrogen-bond donors (Lipinski definition) is 6. The lowest BCUT2D eigenvalue weighted by Gasteiger charge is -2.61. The maximum atomic E-state index is 12.6. The summed E-state index contributed by atoms with van der Waals surface area (Å²) in [5, 5.41) is 18.0. The van der Waals surface area contributed by atoms with Crippen LogP contribution >= 0.6 is 12.4 Å². The van der Waals surface area contributed by atoms with Crippen molar-refractivity contribution in [2.75, 3.05) is 19.6 Å². The number of rotatable bonds is 24. The van der Waals surface area contributed by atoms with E-state index in [-0.39, 0.29) is 162 Å². The number of nitrogens with one attached hydrogen (secondary N) is 1. The number of hydrogen-bond acceptors (Lipinski definition) is 22. The lowest BCUT2D eigenvalue weighted by atomic mass is 9.44. The van der Waals surface area contributed by atoms with Crippen LogP contribution in [0.25, 0.3) is 0 Å². The van der Waals surface area contributed by atoms with Crippen molar-refractivity contribution in [2.45, 2.75) is 445 Å². The Bertz CT molecular complexity index is 4150. The topological polar surface area (TPSA) is 416 Å². The Hall–Kier alpha value is -6.05. The fourth-order valence-corrected chi connectivity index (χ4v) is 35.1. The number of Topliss-reactive ketones (excluding diaryl/α,β-unsaturated/α-hetero) is 7. The highest BCUT2D eigenvalue weighted by atomic mass is 35.5. The molecule has 0 aromatic heterocycles. The Morgan fingerprint density at radius 1 is 0.331 bits per heavy atom. The van der Waals surface area contributed by atoms with E-state index in [4.69, 9.17) is 51.1 Å². The summed E-state index contributed by atoms with van der Waals surface area (Å²) in [6, 6.07) is -0.531. The van der Waals surface area contributed by atoms with E-state index in [1.807, 2.05) is 27.7 Å². The number of ketones is 7. The molecule has 16 saturated carbocycles. The van der Waals surface area contributed by atoms with Gasteiger partial charge in [-0.3, -0.25) is 62.3 Å². The molecular weight excluding hydrogens is 1820 g/mol. The highest BCUT2D eigenvalue weighted by Gasteiger charge is 2.67. The summed E-state index contributed by atoms with van der Waals surface area (Å²) in [6.45, 7) is 42.1. The molecule has 16 aliphatic rings. The molecule has 16 aliphatic carbocycles. The molecule has 0 aromatic carbocycles. The third-order valence-corrected chi connectivity index (χ3v) is 42.7. The van der Waals surface area contributed by atoms with Crippen molar-refractivity contribution >= 4 is 94.8 Å². The van der Waals surface area contributed by atoms with E-state index in [2.05, 4.69) is 60.7 Å². The molecule has 0 aliphatic heterocycles. The number of carbonyl (C=O) groups excluding carboxylic acids is 12. The molecule has 36 atom stereocenters. The zero-order chi connectivity index (χ0) is 104. The smallest absolute Gasteiger partial charge is 0.408 e. The Kier molecular flexibility index (Phi) is 40.1. The Morgan fingerprint density at radius 2 is 0.563 bits per heavy atom. The van der Waals surface area contributed by atoms with Crippen LogP contribution in [0.2, 0.25) is 0 Å². The average Bonchev–Trinajstić information content (AvgIpc) is 1.48. The van der Waals surface area contributed by atoms with Crippen LogP contribution in [0.5, 0.6) is 0 Å². The lowest BCUT2D eigenvalue weighted by molar-refractivity contribution is -0.167. The summed E-state index contributed by atoms with van der Waals surface area (Å²) in [5.41, 5.74) is 18.1. The molecule has 0 aromatic rings. The second-order valence-electron chi connectivity index (χ2n) is 51.6. The van der Waals surface area contributed by atoms with Crippen LogP contribution in [0.3, 0.4) is 0 Å². The number of amides is 1. The van der Waals surface area contributed by atoms with E-state index in [1.165, 1.54) is 128 Å². The summed E-state index contributed by atoms with van der Waals surface area (Å²) >= 11 is 0. The summed E-state index contributed by atoms with van der Waals surface area (Å²) < 4.78 is 28.2. The average molecular weight is 2010 g/mol. The van der Waals surface area contributed by atoms with Gasteiger partial charge in [0.2, 0.25) is 0 Å². The fourth-order valence-electron chi connectivity index (χ4n) is 35.1. The van der Waals surface area contributed by atoms with Crippen LogP contribution in [-0.4, -0.2) is 148 Å². The number of esters is 4. The normalized spacial score (nSPS) is 40.5. The molecule has 806 valence electrons. The number of aliphatic carboxylic acids is 2. The van der Waals surface area contributed by atoms with E-state index in [9.17, 15) is 67.1 Å². The highest BCUT2D eigenvalue weighted by molar-refractivity contribution is 5.87. The number of carboxylic acid groups (broad SMARTS) is 2. The number of nitrogens with two attached hydrogens (primary N) is 3. The molecule has 16 rings (SSSR count). The minimum Gasteiger partial charge on any atom is -0.481 e. The van der Waals surface area contributed by atoms with Crippen molar-refractivity contribution in [2.24, 2.45) is 197 Å². The van der Waals surface area contributed by atoms with E-state index in [1.54, 1.807) is 62.3 Å². The Balaban J connectivity index is 0.000000184. The summed E-state index contributed by atoms with van der Waals surface area (Å²) in [4.78, 5) is 164.